The average Bonchev–Trinajstić information content (AvgIpc) is 2.92. The molecule has 12 heteroatoms. The van der Waals surface area contributed by atoms with Crippen LogP contribution in [0.2, 0.25) is 0 Å². The zero-order valence-electron chi connectivity index (χ0n) is 21.2. The largest absolute Gasteiger partial charge is 0.755 e. The van der Waals surface area contributed by atoms with E-state index in [1.54, 1.807) is 74.6 Å². The summed E-state index contributed by atoms with van der Waals surface area (Å²) in [6.07, 6.45) is 0. The van der Waals surface area contributed by atoms with Crippen LogP contribution < -0.4 is 29.7 Å². The van der Waals surface area contributed by atoms with Crippen LogP contribution in [-0.4, -0.2) is 51.9 Å². The van der Waals surface area contributed by atoms with E-state index in [-0.39, 0.29) is 23.2 Å². The average molecular weight is 536 g/mol. The first-order valence-corrected chi connectivity index (χ1v) is 12.6. The molecule has 1 aromatic heterocycles. The number of nitrogens with one attached hydrogen (secondary N) is 3. The molecule has 0 aliphatic rings. The molecule has 1 heterocycles. The molecule has 0 aliphatic heterocycles. The van der Waals surface area contributed by atoms with E-state index in [9.17, 15) is 13.6 Å². The summed E-state index contributed by atoms with van der Waals surface area (Å²) in [4.78, 5) is 21.7. The summed E-state index contributed by atoms with van der Waals surface area (Å²) in [5, 5.41) is 8.81. The highest BCUT2D eigenvalue weighted by Crippen LogP contribution is 2.36. The Hall–Kier alpha value is -4.26. The van der Waals surface area contributed by atoms with Gasteiger partial charge in [-0.2, -0.15) is 0 Å². The number of carbonyl (C=O) groups is 1. The SMILES string of the molecule is CN[C@@H](C)C(=O)Nc1cccc(N(c2nc3ccccc3nc2Nc2cc(OC)cc(OC)c2)S(=O)[O-])c1. The van der Waals surface area contributed by atoms with Gasteiger partial charge in [0.05, 0.1) is 48.2 Å². The van der Waals surface area contributed by atoms with Crippen molar-refractivity contribution >= 4 is 56.9 Å². The molecular formula is C26H27N6O5S-. The van der Waals surface area contributed by atoms with E-state index < -0.39 is 17.3 Å². The van der Waals surface area contributed by atoms with Crippen molar-refractivity contribution in [1.82, 2.24) is 15.3 Å². The molecule has 0 radical (unpaired) electrons. The first kappa shape index (κ1) is 26.8. The van der Waals surface area contributed by atoms with Crippen LogP contribution in [0.15, 0.2) is 66.7 Å². The van der Waals surface area contributed by atoms with Crippen LogP contribution in [0.25, 0.3) is 11.0 Å². The maximum Gasteiger partial charge on any atom is 0.241 e. The number of likely N-dealkylation sites (N-methyl/N-ethyl adjacent to an activating group) is 1. The molecule has 0 saturated carbocycles. The van der Waals surface area contributed by atoms with Gasteiger partial charge in [0.1, 0.15) is 11.5 Å². The fraction of sp³-hybridized carbons (Fsp3) is 0.192. The lowest BCUT2D eigenvalue weighted by molar-refractivity contribution is -0.117. The summed E-state index contributed by atoms with van der Waals surface area (Å²) >= 11 is -2.79. The molecule has 0 bridgehead atoms. The van der Waals surface area contributed by atoms with Gasteiger partial charge in [-0.25, -0.2) is 9.97 Å². The maximum atomic E-state index is 12.6. The predicted molar refractivity (Wildman–Crippen MR) is 147 cm³/mol. The summed E-state index contributed by atoms with van der Waals surface area (Å²) in [7, 11) is 4.74. The zero-order valence-corrected chi connectivity index (χ0v) is 22.0. The fourth-order valence-electron chi connectivity index (χ4n) is 3.60. The Labute approximate surface area is 222 Å². The van der Waals surface area contributed by atoms with E-state index in [1.165, 1.54) is 14.2 Å². The Bertz CT molecular complexity index is 1460. The number of hydrogen-bond acceptors (Lipinski definition) is 9. The topological polar surface area (TPSA) is 141 Å². The van der Waals surface area contributed by atoms with Gasteiger partial charge in [0.2, 0.25) is 5.91 Å². The van der Waals surface area contributed by atoms with Crippen molar-refractivity contribution in [3.8, 4) is 11.5 Å². The van der Waals surface area contributed by atoms with Crippen LogP contribution in [0.1, 0.15) is 6.92 Å². The summed E-state index contributed by atoms with van der Waals surface area (Å²) in [6.45, 7) is 1.72. The van der Waals surface area contributed by atoms with E-state index in [2.05, 4.69) is 25.9 Å². The second-order valence-electron chi connectivity index (χ2n) is 8.17. The standard InChI is InChI=1S/C26H28N6O5S/c1-16(27-2)26(33)29-17-8-7-9-19(12-17)32(38(34)35)25-24(30-22-10-5-6-11-23(22)31-25)28-18-13-20(36-3)15-21(14-18)37-4/h5-16,27H,1-4H3,(H,28,30)(H,29,33)(H,34,35)/p-1/t16-/m0/s1. The zero-order chi connectivity index (χ0) is 27.2. The molecule has 3 aromatic carbocycles. The van der Waals surface area contributed by atoms with Crippen molar-refractivity contribution in [1.29, 1.82) is 0 Å². The molecule has 0 aliphatic carbocycles. The fourth-order valence-corrected chi connectivity index (χ4v) is 4.16. The summed E-state index contributed by atoms with van der Waals surface area (Å²) in [5.74, 6) is 1.02. The molecule has 38 heavy (non-hydrogen) atoms. The molecular weight excluding hydrogens is 508 g/mol. The van der Waals surface area contributed by atoms with Crippen LogP contribution in [0.3, 0.4) is 0 Å². The van der Waals surface area contributed by atoms with Gasteiger partial charge in [-0.15, -0.1) is 0 Å². The monoisotopic (exact) mass is 535 g/mol. The second kappa shape index (κ2) is 11.9. The highest BCUT2D eigenvalue weighted by atomic mass is 32.2. The van der Waals surface area contributed by atoms with E-state index in [0.717, 1.165) is 4.31 Å². The minimum atomic E-state index is -2.79. The number of ether oxygens (including phenoxy) is 2. The molecule has 0 fully saturated rings. The summed E-state index contributed by atoms with van der Waals surface area (Å²) < 4.78 is 37.0. The Morgan fingerprint density at radius 3 is 2.21 bits per heavy atom. The number of rotatable bonds is 10. The summed E-state index contributed by atoms with van der Waals surface area (Å²) in [5.41, 5.74) is 2.28. The van der Waals surface area contributed by atoms with Gasteiger partial charge >= 0.3 is 0 Å². The van der Waals surface area contributed by atoms with E-state index >= 15 is 0 Å². The lowest BCUT2D eigenvalue weighted by atomic mass is 10.2. The smallest absolute Gasteiger partial charge is 0.241 e. The number of para-hydroxylation sites is 2. The highest BCUT2D eigenvalue weighted by Gasteiger charge is 2.21. The van der Waals surface area contributed by atoms with E-state index in [0.29, 0.717) is 33.9 Å². The Morgan fingerprint density at radius 1 is 0.947 bits per heavy atom. The minimum absolute atomic E-state index is 0.0332. The van der Waals surface area contributed by atoms with Gasteiger partial charge < -0.3 is 30.0 Å². The van der Waals surface area contributed by atoms with E-state index in [1.807, 2.05) is 6.07 Å². The number of methoxy groups -OCH3 is 2. The van der Waals surface area contributed by atoms with Gasteiger partial charge in [-0.3, -0.25) is 13.3 Å². The Morgan fingerprint density at radius 2 is 1.61 bits per heavy atom. The molecule has 2 atom stereocenters. The first-order chi connectivity index (χ1) is 18.3. The van der Waals surface area contributed by atoms with Crippen LogP contribution in [-0.2, 0) is 16.1 Å². The molecule has 0 saturated heterocycles. The van der Waals surface area contributed by atoms with Crippen molar-refractivity contribution < 1.29 is 23.0 Å². The molecule has 0 spiro atoms. The summed E-state index contributed by atoms with van der Waals surface area (Å²) in [6, 6.07) is 18.3. The van der Waals surface area contributed by atoms with Gasteiger partial charge in [0.15, 0.2) is 11.6 Å². The molecule has 198 valence electrons. The third-order valence-electron chi connectivity index (χ3n) is 5.68. The molecule has 3 N–H and O–H groups in total. The van der Waals surface area contributed by atoms with Crippen LogP contribution >= 0.6 is 0 Å². The van der Waals surface area contributed by atoms with Crippen molar-refractivity contribution in [2.24, 2.45) is 0 Å². The van der Waals surface area contributed by atoms with Crippen LogP contribution in [0.4, 0.5) is 28.7 Å². The van der Waals surface area contributed by atoms with E-state index in [4.69, 9.17) is 9.47 Å². The van der Waals surface area contributed by atoms with Gasteiger partial charge in [-0.1, -0.05) is 18.2 Å². The third kappa shape index (κ3) is 5.99. The lowest BCUT2D eigenvalue weighted by Crippen LogP contribution is -2.35. The first-order valence-electron chi connectivity index (χ1n) is 11.6. The van der Waals surface area contributed by atoms with Gasteiger partial charge in [0.25, 0.3) is 0 Å². The van der Waals surface area contributed by atoms with Crippen molar-refractivity contribution in [3.05, 3.63) is 66.7 Å². The van der Waals surface area contributed by atoms with Gasteiger partial charge in [-0.05, 0) is 44.3 Å². The molecule has 4 rings (SSSR count). The number of anilines is 5. The number of hydrogen-bond donors (Lipinski definition) is 3. The minimum Gasteiger partial charge on any atom is -0.755 e. The lowest BCUT2D eigenvalue weighted by Gasteiger charge is -2.27. The van der Waals surface area contributed by atoms with Crippen LogP contribution in [0.5, 0.6) is 11.5 Å². The second-order valence-corrected chi connectivity index (χ2v) is 8.97. The normalized spacial score (nSPS) is 12.4. The molecule has 4 aromatic rings. The number of benzene rings is 3. The van der Waals surface area contributed by atoms with Crippen molar-refractivity contribution in [3.63, 3.8) is 0 Å². The third-order valence-corrected chi connectivity index (χ3v) is 6.36. The predicted octanol–water partition coefficient (Wildman–Crippen LogP) is 3.87. The Kier molecular flexibility index (Phi) is 8.36. The number of carbonyl (C=O) groups excluding carboxylic acids is 1. The molecule has 11 nitrogen and oxygen atoms in total. The van der Waals surface area contributed by atoms with Crippen LogP contribution in [0, 0.1) is 0 Å². The Balaban J connectivity index is 1.82. The van der Waals surface area contributed by atoms with Crippen molar-refractivity contribution in [2.45, 2.75) is 13.0 Å². The number of fused-ring (bicyclic) bond motifs is 1. The molecule has 1 unspecified atom stereocenters. The molecule has 1 amide bonds. The maximum absolute atomic E-state index is 12.6. The number of nitrogens with zero attached hydrogens (tertiary/aromatic N) is 3. The van der Waals surface area contributed by atoms with Crippen molar-refractivity contribution in [2.75, 3.05) is 36.2 Å². The number of amides is 1. The van der Waals surface area contributed by atoms with Gasteiger partial charge in [0, 0.05) is 29.6 Å². The number of aromatic nitrogens is 2. The highest BCUT2D eigenvalue weighted by molar-refractivity contribution is 7.81. The quantitative estimate of drug-likeness (QED) is 0.258.